The second-order valence-corrected chi connectivity index (χ2v) is 5.58. The van der Waals surface area contributed by atoms with Crippen LogP contribution in [0, 0.1) is 5.92 Å². The lowest BCUT2D eigenvalue weighted by atomic mass is 9.94. The highest BCUT2D eigenvalue weighted by Crippen LogP contribution is 2.22. The van der Waals surface area contributed by atoms with Gasteiger partial charge in [-0.1, -0.05) is 49.6 Å². The second kappa shape index (κ2) is 7.41. The number of hydrogen-bond donors (Lipinski definition) is 3. The van der Waals surface area contributed by atoms with Gasteiger partial charge in [0.15, 0.2) is 0 Å². The van der Waals surface area contributed by atoms with Gasteiger partial charge in [0.1, 0.15) is 0 Å². The predicted molar refractivity (Wildman–Crippen MR) is 79.0 cm³/mol. The van der Waals surface area contributed by atoms with E-state index in [1.54, 1.807) is 0 Å². The molecule has 1 aromatic rings. The Morgan fingerprint density at radius 3 is 2.70 bits per heavy atom. The summed E-state index contributed by atoms with van der Waals surface area (Å²) in [7, 11) is 0. The smallest absolute Gasteiger partial charge is 0.224 e. The summed E-state index contributed by atoms with van der Waals surface area (Å²) in [6, 6.07) is 9.32. The molecule has 1 aliphatic rings. The molecule has 4 nitrogen and oxygen atoms in total. The summed E-state index contributed by atoms with van der Waals surface area (Å²) in [6.07, 6.45) is 4.44. The average Bonchev–Trinajstić information content (AvgIpc) is 2.70. The first-order valence-electron chi connectivity index (χ1n) is 7.45. The molecule has 3 unspecified atom stereocenters. The van der Waals surface area contributed by atoms with Gasteiger partial charge >= 0.3 is 0 Å². The van der Waals surface area contributed by atoms with Crippen LogP contribution in [0.2, 0.25) is 0 Å². The van der Waals surface area contributed by atoms with E-state index >= 15 is 0 Å². The molecule has 4 heteroatoms. The van der Waals surface area contributed by atoms with Gasteiger partial charge in [0.25, 0.3) is 0 Å². The lowest BCUT2D eigenvalue weighted by molar-refractivity contribution is -0.126. The predicted octanol–water partition coefficient (Wildman–Crippen LogP) is 1.74. The average molecular weight is 276 g/mol. The van der Waals surface area contributed by atoms with Gasteiger partial charge in [-0.3, -0.25) is 4.79 Å². The van der Waals surface area contributed by atoms with Gasteiger partial charge in [-0.15, -0.1) is 0 Å². The van der Waals surface area contributed by atoms with E-state index in [0.717, 1.165) is 37.7 Å². The number of nitrogens with one attached hydrogen (secondary N) is 1. The van der Waals surface area contributed by atoms with Gasteiger partial charge in [0, 0.05) is 12.6 Å². The highest BCUT2D eigenvalue weighted by Gasteiger charge is 2.27. The highest BCUT2D eigenvalue weighted by atomic mass is 16.3. The molecule has 1 aromatic carbocycles. The van der Waals surface area contributed by atoms with E-state index in [9.17, 15) is 9.90 Å². The third-order valence-electron chi connectivity index (χ3n) is 4.06. The molecule has 110 valence electrons. The van der Waals surface area contributed by atoms with Crippen LogP contribution in [-0.2, 0) is 4.79 Å². The maximum Gasteiger partial charge on any atom is 0.224 e. The van der Waals surface area contributed by atoms with Crippen molar-refractivity contribution < 1.29 is 9.90 Å². The van der Waals surface area contributed by atoms with E-state index in [2.05, 4.69) is 5.32 Å². The fraction of sp³-hybridized carbons (Fsp3) is 0.562. The first-order chi connectivity index (χ1) is 9.68. The van der Waals surface area contributed by atoms with Crippen LogP contribution < -0.4 is 11.1 Å². The molecule has 4 N–H and O–H groups in total. The first-order valence-corrected chi connectivity index (χ1v) is 7.45. The highest BCUT2D eigenvalue weighted by molar-refractivity contribution is 5.79. The maximum atomic E-state index is 12.2. The molecular weight excluding hydrogens is 252 g/mol. The minimum atomic E-state index is -0.665. The molecular formula is C16H24N2O2. The third-order valence-corrected chi connectivity index (χ3v) is 4.06. The van der Waals surface area contributed by atoms with Crippen molar-refractivity contribution in [1.82, 2.24) is 5.32 Å². The summed E-state index contributed by atoms with van der Waals surface area (Å²) in [4.78, 5) is 12.2. The Kier molecular flexibility index (Phi) is 5.56. The normalized spacial score (nSPS) is 24.7. The standard InChI is InChI=1S/C16H24N2O2/c17-14-10-6-2-5-9-13(14)16(20)18-11-15(19)12-7-3-1-4-8-12/h1,3-4,7-8,13-15,19H,2,5-6,9-11,17H2,(H,18,20). The number of aliphatic hydroxyl groups is 1. The number of carbonyl (C=O) groups excluding carboxylic acids is 1. The summed E-state index contributed by atoms with van der Waals surface area (Å²) >= 11 is 0. The summed E-state index contributed by atoms with van der Waals surface area (Å²) < 4.78 is 0. The molecule has 0 aromatic heterocycles. The quantitative estimate of drug-likeness (QED) is 0.733. The van der Waals surface area contributed by atoms with E-state index in [0.29, 0.717) is 0 Å². The minimum absolute atomic E-state index is 0.0191. The second-order valence-electron chi connectivity index (χ2n) is 5.58. The monoisotopic (exact) mass is 276 g/mol. The summed E-state index contributed by atoms with van der Waals surface area (Å²) in [5.74, 6) is -0.130. The largest absolute Gasteiger partial charge is 0.387 e. The Morgan fingerprint density at radius 1 is 1.25 bits per heavy atom. The molecule has 0 aliphatic heterocycles. The van der Waals surface area contributed by atoms with Crippen molar-refractivity contribution in [2.45, 2.75) is 44.2 Å². The molecule has 1 fully saturated rings. The van der Waals surface area contributed by atoms with Crippen LogP contribution in [0.4, 0.5) is 0 Å². The van der Waals surface area contributed by atoms with Crippen LogP contribution in [0.3, 0.4) is 0 Å². The van der Waals surface area contributed by atoms with Crippen molar-refractivity contribution in [2.24, 2.45) is 11.7 Å². The van der Waals surface area contributed by atoms with Gasteiger partial charge in [0.2, 0.25) is 5.91 Å². The fourth-order valence-corrected chi connectivity index (χ4v) is 2.78. The Balaban J connectivity index is 1.85. The zero-order valence-electron chi connectivity index (χ0n) is 11.8. The van der Waals surface area contributed by atoms with Gasteiger partial charge in [-0.2, -0.15) is 0 Å². The van der Waals surface area contributed by atoms with Crippen molar-refractivity contribution >= 4 is 5.91 Å². The minimum Gasteiger partial charge on any atom is -0.387 e. The Morgan fingerprint density at radius 2 is 1.95 bits per heavy atom. The van der Waals surface area contributed by atoms with Gasteiger partial charge < -0.3 is 16.2 Å². The van der Waals surface area contributed by atoms with Crippen LogP contribution in [0.15, 0.2) is 30.3 Å². The molecule has 3 atom stereocenters. The molecule has 0 radical (unpaired) electrons. The van der Waals surface area contributed by atoms with Gasteiger partial charge in [-0.25, -0.2) is 0 Å². The Bertz CT molecular complexity index is 422. The number of nitrogens with two attached hydrogens (primary N) is 1. The number of hydrogen-bond acceptors (Lipinski definition) is 3. The molecule has 1 amide bonds. The molecule has 1 aliphatic carbocycles. The first kappa shape index (κ1) is 15.0. The van der Waals surface area contributed by atoms with Crippen LogP contribution in [-0.4, -0.2) is 23.6 Å². The summed E-state index contributed by atoms with van der Waals surface area (Å²) in [6.45, 7) is 0.242. The zero-order valence-corrected chi connectivity index (χ0v) is 11.8. The third kappa shape index (κ3) is 4.05. The molecule has 0 bridgehead atoms. The van der Waals surface area contributed by atoms with E-state index in [-0.39, 0.29) is 24.4 Å². The molecule has 0 saturated heterocycles. The summed E-state index contributed by atoms with van der Waals surface area (Å²) in [5.41, 5.74) is 6.89. The van der Waals surface area contributed by atoms with E-state index in [4.69, 9.17) is 5.73 Å². The molecule has 20 heavy (non-hydrogen) atoms. The Labute approximate surface area is 120 Å². The van der Waals surface area contributed by atoms with Crippen molar-refractivity contribution in [3.8, 4) is 0 Å². The van der Waals surface area contributed by atoms with Crippen LogP contribution in [0.1, 0.15) is 43.8 Å². The molecule has 1 saturated carbocycles. The summed E-state index contributed by atoms with van der Waals surface area (Å²) in [5, 5.41) is 12.9. The van der Waals surface area contributed by atoms with Crippen LogP contribution in [0.5, 0.6) is 0 Å². The zero-order chi connectivity index (χ0) is 14.4. The number of amides is 1. The number of benzene rings is 1. The van der Waals surface area contributed by atoms with Gasteiger partial charge in [-0.05, 0) is 18.4 Å². The van der Waals surface area contributed by atoms with Crippen molar-refractivity contribution in [3.63, 3.8) is 0 Å². The lowest BCUT2D eigenvalue weighted by Gasteiger charge is -2.21. The van der Waals surface area contributed by atoms with Crippen LogP contribution in [0.25, 0.3) is 0 Å². The van der Waals surface area contributed by atoms with Crippen molar-refractivity contribution in [2.75, 3.05) is 6.54 Å². The molecule has 0 spiro atoms. The number of rotatable bonds is 4. The van der Waals surface area contributed by atoms with Gasteiger partial charge in [0.05, 0.1) is 12.0 Å². The number of carbonyl (C=O) groups is 1. The maximum absolute atomic E-state index is 12.2. The van der Waals surface area contributed by atoms with Crippen molar-refractivity contribution in [1.29, 1.82) is 0 Å². The molecule has 0 heterocycles. The van der Waals surface area contributed by atoms with E-state index in [1.165, 1.54) is 0 Å². The lowest BCUT2D eigenvalue weighted by Crippen LogP contribution is -2.42. The fourth-order valence-electron chi connectivity index (χ4n) is 2.78. The van der Waals surface area contributed by atoms with Crippen LogP contribution >= 0.6 is 0 Å². The SMILES string of the molecule is NC1CCCCCC1C(=O)NCC(O)c1ccccc1. The van der Waals surface area contributed by atoms with E-state index in [1.807, 2.05) is 30.3 Å². The Hall–Kier alpha value is -1.39. The van der Waals surface area contributed by atoms with E-state index < -0.39 is 6.10 Å². The number of aliphatic hydroxyl groups excluding tert-OH is 1. The molecule has 2 rings (SSSR count). The van der Waals surface area contributed by atoms with Crippen molar-refractivity contribution in [3.05, 3.63) is 35.9 Å². The topological polar surface area (TPSA) is 75.4 Å².